The first-order chi connectivity index (χ1) is 20.5. The highest BCUT2D eigenvalue weighted by atomic mass is 32.2. The van der Waals surface area contributed by atoms with Gasteiger partial charge in [0, 0.05) is 19.0 Å². The molecule has 0 aliphatic heterocycles. The number of ether oxygens (including phenoxy) is 1. The molecule has 0 heterocycles. The van der Waals surface area contributed by atoms with Crippen molar-refractivity contribution in [3.8, 4) is 5.75 Å². The summed E-state index contributed by atoms with van der Waals surface area (Å²) in [6, 6.07) is 19.3. The molecule has 8 nitrogen and oxygen atoms in total. The largest absolute Gasteiger partial charge is 0.495 e. The van der Waals surface area contributed by atoms with E-state index >= 15 is 0 Å². The van der Waals surface area contributed by atoms with E-state index < -0.39 is 34.3 Å². The predicted molar refractivity (Wildman–Crippen MR) is 166 cm³/mol. The molecule has 0 unspecified atom stereocenters. The van der Waals surface area contributed by atoms with Gasteiger partial charge in [0.05, 0.1) is 19.1 Å². The van der Waals surface area contributed by atoms with Gasteiger partial charge < -0.3 is 15.0 Å². The van der Waals surface area contributed by atoms with Gasteiger partial charge in [0.2, 0.25) is 21.8 Å². The summed E-state index contributed by atoms with van der Waals surface area (Å²) in [5, 5.41) is 3.17. The number of aryl methyl sites for hydroxylation is 1. The normalized spacial score (nSPS) is 14.5. The lowest BCUT2D eigenvalue weighted by Crippen LogP contribution is -2.55. The van der Waals surface area contributed by atoms with Gasteiger partial charge in [0.15, 0.2) is 0 Å². The van der Waals surface area contributed by atoms with Gasteiger partial charge in [0.25, 0.3) is 0 Å². The molecular formula is C33H40FN3O5S. The van der Waals surface area contributed by atoms with Crippen molar-refractivity contribution in [2.45, 2.75) is 64.1 Å². The molecule has 1 atom stereocenters. The maximum atomic E-state index is 14.3. The number of anilines is 1. The fraction of sp³-hybridized carbons (Fsp3) is 0.394. The number of hydrogen-bond donors (Lipinski definition) is 1. The molecule has 1 aliphatic rings. The molecule has 3 aromatic rings. The van der Waals surface area contributed by atoms with Gasteiger partial charge in [-0.05, 0) is 60.7 Å². The number of carbonyl (C=O) groups excluding carboxylic acids is 2. The summed E-state index contributed by atoms with van der Waals surface area (Å²) in [7, 11) is -2.51. The molecule has 1 saturated carbocycles. The minimum absolute atomic E-state index is 0.00590. The number of nitrogens with zero attached hydrogens (tertiary/aromatic N) is 2. The molecule has 4 rings (SSSR count). The summed E-state index contributed by atoms with van der Waals surface area (Å²) in [4.78, 5) is 29.7. The van der Waals surface area contributed by atoms with Gasteiger partial charge in [-0.3, -0.25) is 13.9 Å². The number of hydrogen-bond acceptors (Lipinski definition) is 5. The van der Waals surface area contributed by atoms with Crippen LogP contribution in [-0.2, 0) is 32.6 Å². The van der Waals surface area contributed by atoms with E-state index in [1.807, 2.05) is 37.3 Å². The van der Waals surface area contributed by atoms with Gasteiger partial charge in [-0.15, -0.1) is 0 Å². The number of halogens is 1. The van der Waals surface area contributed by atoms with Gasteiger partial charge >= 0.3 is 0 Å². The minimum Gasteiger partial charge on any atom is -0.495 e. The third-order valence-electron chi connectivity index (χ3n) is 7.77. The van der Waals surface area contributed by atoms with Gasteiger partial charge in [-0.25, -0.2) is 12.8 Å². The molecule has 230 valence electrons. The van der Waals surface area contributed by atoms with E-state index in [2.05, 4.69) is 5.32 Å². The first-order valence-electron chi connectivity index (χ1n) is 14.6. The van der Waals surface area contributed by atoms with E-state index in [0.717, 1.165) is 53.8 Å². The first-order valence-corrected chi connectivity index (χ1v) is 16.4. The average molecular weight is 610 g/mol. The zero-order chi connectivity index (χ0) is 31.0. The number of carbonyl (C=O) groups is 2. The highest BCUT2D eigenvalue weighted by Crippen LogP contribution is 2.31. The number of rotatable bonds is 12. The van der Waals surface area contributed by atoms with Gasteiger partial charge in [0.1, 0.15) is 24.2 Å². The highest BCUT2D eigenvalue weighted by molar-refractivity contribution is 7.92. The van der Waals surface area contributed by atoms with Crippen LogP contribution in [0.3, 0.4) is 0 Å². The van der Waals surface area contributed by atoms with Crippen molar-refractivity contribution in [3.63, 3.8) is 0 Å². The Kier molecular flexibility index (Phi) is 10.8. The second-order valence-corrected chi connectivity index (χ2v) is 13.0. The van der Waals surface area contributed by atoms with E-state index in [9.17, 15) is 22.4 Å². The average Bonchev–Trinajstić information content (AvgIpc) is 2.99. The van der Waals surface area contributed by atoms with Crippen LogP contribution in [0.1, 0.15) is 48.8 Å². The lowest BCUT2D eigenvalue weighted by Gasteiger charge is -2.35. The van der Waals surface area contributed by atoms with Crippen LogP contribution in [0.4, 0.5) is 10.1 Å². The Balaban J connectivity index is 1.75. The summed E-state index contributed by atoms with van der Waals surface area (Å²) in [6.07, 6.45) is 6.15. The Bertz CT molecular complexity index is 1490. The molecule has 10 heteroatoms. The Morgan fingerprint density at radius 1 is 0.977 bits per heavy atom. The third kappa shape index (κ3) is 8.79. The van der Waals surface area contributed by atoms with Crippen molar-refractivity contribution >= 4 is 27.5 Å². The second kappa shape index (κ2) is 14.5. The molecule has 3 aromatic carbocycles. The molecule has 43 heavy (non-hydrogen) atoms. The Labute approximate surface area is 253 Å². The molecule has 1 fully saturated rings. The van der Waals surface area contributed by atoms with E-state index in [4.69, 9.17) is 4.74 Å². The van der Waals surface area contributed by atoms with Crippen LogP contribution in [0.25, 0.3) is 0 Å². The molecule has 1 aliphatic carbocycles. The van der Waals surface area contributed by atoms with E-state index in [-0.39, 0.29) is 30.6 Å². The summed E-state index contributed by atoms with van der Waals surface area (Å²) in [5.74, 6) is -1.000. The summed E-state index contributed by atoms with van der Waals surface area (Å²) >= 11 is 0. The molecule has 0 bridgehead atoms. The molecule has 0 spiro atoms. The zero-order valence-electron chi connectivity index (χ0n) is 25.0. The standard InChI is InChI=1S/C33H40FN3O5S/c1-24-14-19-31(42-2)29(20-24)37(43(3,40)41)23-32(38)36(22-26-15-17-27(34)18-16-26)30(21-25-10-6-4-7-11-25)33(39)35-28-12-8-5-9-13-28/h4,6-7,10-11,14-20,28,30H,5,8-9,12-13,21-23H2,1-3H3,(H,35,39)/t30-/m0/s1. The minimum atomic E-state index is -3.95. The number of amides is 2. The van der Waals surface area contributed by atoms with Gasteiger partial charge in [-0.2, -0.15) is 0 Å². The van der Waals surface area contributed by atoms with Crippen LogP contribution in [0.5, 0.6) is 5.75 Å². The summed E-state index contributed by atoms with van der Waals surface area (Å²) < 4.78 is 46.4. The Morgan fingerprint density at radius 2 is 1.65 bits per heavy atom. The monoisotopic (exact) mass is 609 g/mol. The quantitative estimate of drug-likeness (QED) is 0.312. The zero-order valence-corrected chi connectivity index (χ0v) is 25.8. The number of benzene rings is 3. The van der Waals surface area contributed by atoms with Crippen molar-refractivity contribution in [2.75, 3.05) is 24.2 Å². The first kappa shape index (κ1) is 32.0. The van der Waals surface area contributed by atoms with E-state index in [1.165, 1.54) is 24.1 Å². The third-order valence-corrected chi connectivity index (χ3v) is 8.90. The van der Waals surface area contributed by atoms with Crippen LogP contribution in [-0.4, -0.2) is 57.1 Å². The maximum Gasteiger partial charge on any atom is 0.244 e. The van der Waals surface area contributed by atoms with Crippen molar-refractivity contribution in [2.24, 2.45) is 0 Å². The van der Waals surface area contributed by atoms with E-state index in [0.29, 0.717) is 11.3 Å². The molecule has 1 N–H and O–H groups in total. The van der Waals surface area contributed by atoms with Crippen LogP contribution in [0.15, 0.2) is 72.8 Å². The lowest BCUT2D eigenvalue weighted by molar-refractivity contribution is -0.140. The van der Waals surface area contributed by atoms with E-state index in [1.54, 1.807) is 30.3 Å². The van der Waals surface area contributed by atoms with Gasteiger partial charge in [-0.1, -0.05) is 67.8 Å². The Hall–Kier alpha value is -3.92. The molecule has 0 saturated heterocycles. The molecule has 0 radical (unpaired) electrons. The fourth-order valence-corrected chi connectivity index (χ4v) is 6.32. The lowest BCUT2D eigenvalue weighted by atomic mass is 9.94. The Morgan fingerprint density at radius 3 is 2.28 bits per heavy atom. The van der Waals surface area contributed by atoms with Crippen LogP contribution < -0.4 is 14.4 Å². The molecule has 2 amide bonds. The molecular weight excluding hydrogens is 569 g/mol. The van der Waals surface area contributed by atoms with Crippen molar-refractivity contribution < 1.29 is 27.1 Å². The summed E-state index contributed by atoms with van der Waals surface area (Å²) in [5.41, 5.74) is 2.47. The van der Waals surface area contributed by atoms with Crippen LogP contribution in [0, 0.1) is 12.7 Å². The summed E-state index contributed by atoms with van der Waals surface area (Å²) in [6.45, 7) is 1.25. The predicted octanol–water partition coefficient (Wildman–Crippen LogP) is 5.00. The molecule has 0 aromatic heterocycles. The smallest absolute Gasteiger partial charge is 0.244 e. The number of sulfonamides is 1. The number of methoxy groups -OCH3 is 1. The van der Waals surface area contributed by atoms with Crippen LogP contribution >= 0.6 is 0 Å². The van der Waals surface area contributed by atoms with Crippen molar-refractivity contribution in [3.05, 3.63) is 95.3 Å². The maximum absolute atomic E-state index is 14.3. The van der Waals surface area contributed by atoms with Crippen molar-refractivity contribution in [1.82, 2.24) is 10.2 Å². The fourth-order valence-electron chi connectivity index (χ4n) is 5.47. The van der Waals surface area contributed by atoms with Crippen LogP contribution in [0.2, 0.25) is 0 Å². The highest BCUT2D eigenvalue weighted by Gasteiger charge is 2.34. The van der Waals surface area contributed by atoms with Crippen molar-refractivity contribution in [1.29, 1.82) is 0 Å². The topological polar surface area (TPSA) is 96.0 Å². The number of nitrogens with one attached hydrogen (secondary N) is 1. The SMILES string of the molecule is COc1ccc(C)cc1N(CC(=O)N(Cc1ccc(F)cc1)[C@@H](Cc1ccccc1)C(=O)NC1CCCCC1)S(C)(=O)=O. The second-order valence-electron chi connectivity index (χ2n) is 11.1.